The van der Waals surface area contributed by atoms with Gasteiger partial charge >= 0.3 is 5.97 Å². The van der Waals surface area contributed by atoms with Crippen LogP contribution < -0.4 is 0 Å². The van der Waals surface area contributed by atoms with Crippen molar-refractivity contribution in [1.29, 1.82) is 5.26 Å². The first-order chi connectivity index (χ1) is 8.11. The number of nitrogens with zero attached hydrogens (tertiary/aromatic N) is 2. The molecule has 0 spiro atoms. The van der Waals surface area contributed by atoms with Crippen molar-refractivity contribution in [2.75, 3.05) is 0 Å². The van der Waals surface area contributed by atoms with Crippen molar-refractivity contribution in [3.63, 3.8) is 0 Å². The van der Waals surface area contributed by atoms with Crippen molar-refractivity contribution in [2.45, 2.75) is 0 Å². The third-order valence-electron chi connectivity index (χ3n) is 2.01. The highest BCUT2D eigenvalue weighted by atomic mass is 35.5. The number of carboxylic acids is 1. The Morgan fingerprint density at radius 1 is 1.65 bits per heavy atom. The SMILES string of the molecule is N#Cc1cnc2cc(C=CC(=O)O)sc2c1Cl. The van der Waals surface area contributed by atoms with Gasteiger partial charge in [0.15, 0.2) is 0 Å². The Kier molecular flexibility index (Phi) is 3.09. The summed E-state index contributed by atoms with van der Waals surface area (Å²) in [6.07, 6.45) is 3.92. The summed E-state index contributed by atoms with van der Waals surface area (Å²) in [5.41, 5.74) is 0.971. The lowest BCUT2D eigenvalue weighted by molar-refractivity contribution is -0.131. The molecule has 84 valence electrons. The number of carboxylic acid groups (broad SMARTS) is 1. The van der Waals surface area contributed by atoms with Gasteiger partial charge in [0, 0.05) is 17.2 Å². The molecule has 0 unspecified atom stereocenters. The van der Waals surface area contributed by atoms with E-state index >= 15 is 0 Å². The maximum Gasteiger partial charge on any atom is 0.328 e. The molecule has 0 saturated carbocycles. The third-order valence-corrected chi connectivity index (χ3v) is 3.62. The van der Waals surface area contributed by atoms with Gasteiger partial charge in [-0.2, -0.15) is 5.26 Å². The van der Waals surface area contributed by atoms with E-state index in [2.05, 4.69) is 4.98 Å². The first-order valence-electron chi connectivity index (χ1n) is 4.51. The molecule has 17 heavy (non-hydrogen) atoms. The number of rotatable bonds is 2. The molecule has 0 amide bonds. The van der Waals surface area contributed by atoms with Gasteiger partial charge in [0.25, 0.3) is 0 Å². The number of aromatic nitrogens is 1. The Labute approximate surface area is 105 Å². The fourth-order valence-electron chi connectivity index (χ4n) is 1.28. The van der Waals surface area contributed by atoms with Gasteiger partial charge in [0.05, 0.1) is 20.8 Å². The van der Waals surface area contributed by atoms with Crippen molar-refractivity contribution < 1.29 is 9.90 Å². The van der Waals surface area contributed by atoms with Crippen molar-refractivity contribution in [3.8, 4) is 6.07 Å². The number of halogens is 1. The van der Waals surface area contributed by atoms with Crippen molar-refractivity contribution in [3.05, 3.63) is 33.8 Å². The van der Waals surface area contributed by atoms with E-state index in [0.29, 0.717) is 20.8 Å². The number of thiophene rings is 1. The van der Waals surface area contributed by atoms with E-state index in [1.54, 1.807) is 6.07 Å². The Balaban J connectivity index is 2.55. The fourth-order valence-corrected chi connectivity index (χ4v) is 2.54. The number of aliphatic carboxylic acids is 1. The van der Waals surface area contributed by atoms with Crippen LogP contribution in [-0.4, -0.2) is 16.1 Å². The molecule has 2 heterocycles. The number of hydrogen-bond acceptors (Lipinski definition) is 4. The minimum atomic E-state index is -1.01. The lowest BCUT2D eigenvalue weighted by atomic mass is 10.3. The minimum absolute atomic E-state index is 0.315. The van der Waals surface area contributed by atoms with Crippen molar-refractivity contribution >= 4 is 45.2 Å². The molecule has 0 fully saturated rings. The Morgan fingerprint density at radius 2 is 2.41 bits per heavy atom. The molecule has 0 aliphatic carbocycles. The Bertz CT molecular complexity index is 670. The van der Waals surface area contributed by atoms with Crippen molar-refractivity contribution in [2.24, 2.45) is 0 Å². The zero-order valence-electron chi connectivity index (χ0n) is 8.35. The van der Waals surface area contributed by atoms with Gasteiger partial charge in [0.2, 0.25) is 0 Å². The highest BCUT2D eigenvalue weighted by Gasteiger charge is 2.09. The van der Waals surface area contributed by atoms with Crippen LogP contribution in [0.25, 0.3) is 16.3 Å². The second kappa shape index (κ2) is 4.53. The van der Waals surface area contributed by atoms with Crippen LogP contribution in [0.1, 0.15) is 10.4 Å². The van der Waals surface area contributed by atoms with Crippen LogP contribution in [0.2, 0.25) is 5.02 Å². The van der Waals surface area contributed by atoms with E-state index in [0.717, 1.165) is 11.0 Å². The molecular weight excluding hydrogens is 260 g/mol. The van der Waals surface area contributed by atoms with Gasteiger partial charge < -0.3 is 5.11 Å². The molecule has 1 N–H and O–H groups in total. The second-order valence-corrected chi connectivity index (χ2v) is 4.59. The molecular formula is C11H5ClN2O2S. The first-order valence-corrected chi connectivity index (χ1v) is 5.70. The molecule has 2 aromatic rings. The van der Waals surface area contributed by atoms with E-state index in [1.807, 2.05) is 6.07 Å². The van der Waals surface area contributed by atoms with Crippen LogP contribution in [0, 0.1) is 11.3 Å². The molecule has 0 aliphatic heterocycles. The summed E-state index contributed by atoms with van der Waals surface area (Å²) in [7, 11) is 0. The van der Waals surface area contributed by atoms with Gasteiger partial charge in [-0.1, -0.05) is 11.6 Å². The number of hydrogen-bond donors (Lipinski definition) is 1. The largest absolute Gasteiger partial charge is 0.478 e. The summed E-state index contributed by atoms with van der Waals surface area (Å²) in [6, 6.07) is 3.68. The molecule has 0 radical (unpaired) electrons. The van der Waals surface area contributed by atoms with Gasteiger partial charge in [-0.25, -0.2) is 4.79 Å². The average Bonchev–Trinajstić information content (AvgIpc) is 2.71. The van der Waals surface area contributed by atoms with Crippen LogP contribution in [0.5, 0.6) is 0 Å². The number of nitriles is 1. The topological polar surface area (TPSA) is 74.0 Å². The lowest BCUT2D eigenvalue weighted by Gasteiger charge is -1.93. The first kappa shape index (κ1) is 11.6. The number of pyridine rings is 1. The smallest absolute Gasteiger partial charge is 0.328 e. The summed E-state index contributed by atoms with van der Waals surface area (Å²) in [6.45, 7) is 0. The molecule has 2 aromatic heterocycles. The lowest BCUT2D eigenvalue weighted by Crippen LogP contribution is -1.84. The number of carbonyl (C=O) groups is 1. The molecule has 0 aliphatic rings. The molecule has 4 nitrogen and oxygen atoms in total. The molecule has 0 bridgehead atoms. The van der Waals surface area contributed by atoms with E-state index in [9.17, 15) is 4.79 Å². The summed E-state index contributed by atoms with van der Waals surface area (Å²) in [5, 5.41) is 17.7. The van der Waals surface area contributed by atoms with Crippen LogP contribution in [0.3, 0.4) is 0 Å². The van der Waals surface area contributed by atoms with Gasteiger partial charge in [-0.3, -0.25) is 4.98 Å². The third kappa shape index (κ3) is 2.28. The zero-order chi connectivity index (χ0) is 12.4. The van der Waals surface area contributed by atoms with Crippen LogP contribution in [0.15, 0.2) is 18.3 Å². The fraction of sp³-hybridized carbons (Fsp3) is 0. The van der Waals surface area contributed by atoms with Crippen LogP contribution in [0.4, 0.5) is 0 Å². The summed E-state index contributed by atoms with van der Waals surface area (Å²) in [4.78, 5) is 15.2. The quantitative estimate of drug-likeness (QED) is 0.847. The minimum Gasteiger partial charge on any atom is -0.478 e. The Morgan fingerprint density at radius 3 is 3.06 bits per heavy atom. The number of fused-ring (bicyclic) bond motifs is 1. The standard InChI is InChI=1S/C11H5ClN2O2S/c12-10-6(4-13)5-14-8-3-7(17-11(8)10)1-2-9(15)16/h1-3,5H,(H,15,16). The normalized spacial score (nSPS) is 10.8. The molecule has 0 saturated heterocycles. The maximum absolute atomic E-state index is 10.4. The zero-order valence-corrected chi connectivity index (χ0v) is 9.92. The predicted molar refractivity (Wildman–Crippen MR) is 66.0 cm³/mol. The highest BCUT2D eigenvalue weighted by Crippen LogP contribution is 2.33. The predicted octanol–water partition coefficient (Wildman–Crippen LogP) is 2.92. The monoisotopic (exact) mass is 264 g/mol. The molecule has 2 rings (SSSR count). The van der Waals surface area contributed by atoms with E-state index in [-0.39, 0.29) is 0 Å². The summed E-state index contributed by atoms with van der Waals surface area (Å²) in [5.74, 6) is -1.01. The van der Waals surface area contributed by atoms with Gasteiger partial charge in [-0.15, -0.1) is 11.3 Å². The molecule has 0 atom stereocenters. The van der Waals surface area contributed by atoms with E-state index in [1.165, 1.54) is 23.6 Å². The highest BCUT2D eigenvalue weighted by molar-refractivity contribution is 7.20. The van der Waals surface area contributed by atoms with E-state index < -0.39 is 5.97 Å². The Hall–Kier alpha value is -1.90. The van der Waals surface area contributed by atoms with E-state index in [4.69, 9.17) is 22.0 Å². The van der Waals surface area contributed by atoms with Crippen molar-refractivity contribution in [1.82, 2.24) is 4.98 Å². The van der Waals surface area contributed by atoms with Gasteiger partial charge in [0.1, 0.15) is 6.07 Å². The second-order valence-electron chi connectivity index (χ2n) is 3.13. The summed E-state index contributed by atoms with van der Waals surface area (Å²) < 4.78 is 0.691. The summed E-state index contributed by atoms with van der Waals surface area (Å²) >= 11 is 7.32. The van der Waals surface area contributed by atoms with Crippen LogP contribution in [-0.2, 0) is 4.79 Å². The maximum atomic E-state index is 10.4. The van der Waals surface area contributed by atoms with Gasteiger partial charge in [-0.05, 0) is 12.1 Å². The molecule has 6 heteroatoms. The molecule has 0 aromatic carbocycles. The average molecular weight is 265 g/mol. The van der Waals surface area contributed by atoms with Crippen LogP contribution >= 0.6 is 22.9 Å².